The van der Waals surface area contributed by atoms with Crippen LogP contribution in [0.25, 0.3) is 0 Å². The quantitative estimate of drug-likeness (QED) is 0.592. The summed E-state index contributed by atoms with van der Waals surface area (Å²) >= 11 is 0. The molecule has 0 bridgehead atoms. The summed E-state index contributed by atoms with van der Waals surface area (Å²) in [6, 6.07) is 10.5. The lowest BCUT2D eigenvalue weighted by Crippen LogP contribution is -2.55. The molecule has 2 aromatic rings. The molecule has 8 heteroatoms. The number of nitrogens with zero attached hydrogens (tertiary/aromatic N) is 6. The van der Waals surface area contributed by atoms with Crippen molar-refractivity contribution in [3.63, 3.8) is 0 Å². The van der Waals surface area contributed by atoms with E-state index in [0.29, 0.717) is 19.6 Å². The molecule has 0 radical (unpaired) electrons. The molecule has 1 aliphatic rings. The van der Waals surface area contributed by atoms with Crippen LogP contribution in [-0.4, -0.2) is 72.4 Å². The van der Waals surface area contributed by atoms with E-state index in [1.54, 1.807) is 15.8 Å². The molecule has 1 atom stereocenters. The van der Waals surface area contributed by atoms with Crippen LogP contribution in [0.2, 0.25) is 0 Å². The average molecular weight is 398 g/mol. The summed E-state index contributed by atoms with van der Waals surface area (Å²) < 4.78 is 1.71. The molecule has 1 aliphatic heterocycles. The van der Waals surface area contributed by atoms with Gasteiger partial charge in [0.2, 0.25) is 5.91 Å². The number of rotatable bonds is 6. The fourth-order valence-electron chi connectivity index (χ4n) is 3.36. The van der Waals surface area contributed by atoms with Crippen molar-refractivity contribution in [2.75, 3.05) is 49.6 Å². The average Bonchev–Trinajstić information content (AvgIpc) is 3.16. The van der Waals surface area contributed by atoms with Gasteiger partial charge in [0.1, 0.15) is 6.54 Å². The van der Waals surface area contributed by atoms with E-state index in [1.165, 1.54) is 5.69 Å². The van der Waals surface area contributed by atoms with E-state index in [4.69, 9.17) is 4.99 Å². The molecular formula is C21H31N7O. The number of carbonyl (C=O) groups excluding carboxylic acids is 1. The van der Waals surface area contributed by atoms with Crippen molar-refractivity contribution in [2.24, 2.45) is 12.0 Å². The maximum atomic E-state index is 12.7. The van der Waals surface area contributed by atoms with Crippen LogP contribution in [-0.2, 0) is 11.8 Å². The molecule has 1 fully saturated rings. The van der Waals surface area contributed by atoms with Gasteiger partial charge in [-0.15, -0.1) is 0 Å². The van der Waals surface area contributed by atoms with Gasteiger partial charge in [-0.1, -0.05) is 18.2 Å². The van der Waals surface area contributed by atoms with E-state index >= 15 is 0 Å². The first-order valence-corrected chi connectivity index (χ1v) is 10.1. The van der Waals surface area contributed by atoms with Gasteiger partial charge in [-0.3, -0.25) is 14.5 Å². The van der Waals surface area contributed by atoms with E-state index in [9.17, 15) is 4.79 Å². The third kappa shape index (κ3) is 5.07. The molecule has 0 spiro atoms. The molecule has 156 valence electrons. The van der Waals surface area contributed by atoms with Gasteiger partial charge in [0.15, 0.2) is 5.96 Å². The molecule has 8 nitrogen and oxygen atoms in total. The number of aromatic nitrogens is 2. The van der Waals surface area contributed by atoms with Crippen LogP contribution >= 0.6 is 0 Å². The second-order valence-electron chi connectivity index (χ2n) is 7.33. The number of piperazine rings is 1. The highest BCUT2D eigenvalue weighted by Gasteiger charge is 2.27. The Bertz CT molecular complexity index is 833. The van der Waals surface area contributed by atoms with Crippen LogP contribution in [0.4, 0.5) is 11.4 Å². The zero-order valence-electron chi connectivity index (χ0n) is 17.7. The second kappa shape index (κ2) is 9.45. The lowest BCUT2D eigenvalue weighted by molar-refractivity contribution is -0.120. The van der Waals surface area contributed by atoms with Gasteiger partial charge in [-0.05, 0) is 26.0 Å². The Hall–Kier alpha value is -3.03. The van der Waals surface area contributed by atoms with Gasteiger partial charge >= 0.3 is 0 Å². The summed E-state index contributed by atoms with van der Waals surface area (Å²) in [5.41, 5.74) is 2.01. The first kappa shape index (κ1) is 20.7. The van der Waals surface area contributed by atoms with Crippen molar-refractivity contribution in [3.8, 4) is 0 Å². The van der Waals surface area contributed by atoms with Gasteiger partial charge in [0.05, 0.1) is 18.4 Å². The number of carbonyl (C=O) groups is 1. The van der Waals surface area contributed by atoms with Crippen LogP contribution < -0.4 is 15.1 Å². The molecule has 1 saturated heterocycles. The van der Waals surface area contributed by atoms with Crippen LogP contribution in [0.1, 0.15) is 13.8 Å². The topological polar surface area (TPSA) is 69.0 Å². The number of benzene rings is 1. The lowest BCUT2D eigenvalue weighted by atomic mass is 10.2. The van der Waals surface area contributed by atoms with Crippen molar-refractivity contribution in [1.82, 2.24) is 20.0 Å². The zero-order chi connectivity index (χ0) is 20.8. The number of hydrogen-bond acceptors (Lipinski definition) is 4. The summed E-state index contributed by atoms with van der Waals surface area (Å²) in [5.74, 6) is 0.851. The highest BCUT2D eigenvalue weighted by Crippen LogP contribution is 2.17. The fourth-order valence-corrected chi connectivity index (χ4v) is 3.36. The minimum atomic E-state index is 0.0595. The molecular weight excluding hydrogens is 366 g/mol. The summed E-state index contributed by atoms with van der Waals surface area (Å²) in [4.78, 5) is 23.6. The highest BCUT2D eigenvalue weighted by atomic mass is 16.2. The summed E-state index contributed by atoms with van der Waals surface area (Å²) in [5, 5.41) is 7.50. The number of nitrogens with one attached hydrogen (secondary N) is 1. The third-order valence-corrected chi connectivity index (χ3v) is 5.19. The maximum absolute atomic E-state index is 12.7. The Morgan fingerprint density at radius 1 is 1.31 bits per heavy atom. The standard InChI is InChI=1S/C21H31N7O/c1-5-22-21(23-13-17(2)26(4)18-9-7-6-8-10-18)27-11-12-28(20(29)16-27)19-14-24-25(3)15-19/h6-10,14-15,17H,5,11-13,16H2,1-4H3,(H,22,23). The molecule has 1 aromatic carbocycles. The number of aryl methyl sites for hydroxylation is 1. The minimum absolute atomic E-state index is 0.0595. The van der Waals surface area contributed by atoms with Gasteiger partial charge in [-0.2, -0.15) is 5.10 Å². The fraction of sp³-hybridized carbons (Fsp3) is 0.476. The second-order valence-corrected chi connectivity index (χ2v) is 7.33. The van der Waals surface area contributed by atoms with Crippen molar-refractivity contribution in [1.29, 1.82) is 0 Å². The molecule has 1 N–H and O–H groups in total. The summed E-state index contributed by atoms with van der Waals surface area (Å²) in [6.07, 6.45) is 3.60. The van der Waals surface area contributed by atoms with Crippen LogP contribution in [0.3, 0.4) is 0 Å². The number of para-hydroxylation sites is 1. The molecule has 29 heavy (non-hydrogen) atoms. The Kier molecular flexibility index (Phi) is 6.74. The Labute approximate surface area is 172 Å². The Morgan fingerprint density at radius 2 is 2.07 bits per heavy atom. The molecule has 0 saturated carbocycles. The normalized spacial score (nSPS) is 16.1. The van der Waals surface area contributed by atoms with E-state index in [1.807, 2.05) is 43.3 Å². The lowest BCUT2D eigenvalue weighted by Gasteiger charge is -2.35. The minimum Gasteiger partial charge on any atom is -0.370 e. The number of likely N-dealkylation sites (N-methyl/N-ethyl adjacent to an activating group) is 1. The van der Waals surface area contributed by atoms with E-state index in [0.717, 1.165) is 24.7 Å². The van der Waals surface area contributed by atoms with Gasteiger partial charge in [0, 0.05) is 51.7 Å². The molecule has 2 heterocycles. The Morgan fingerprint density at radius 3 is 2.69 bits per heavy atom. The predicted octanol–water partition coefficient (Wildman–Crippen LogP) is 1.56. The number of aliphatic imine (C=N–C) groups is 1. The van der Waals surface area contributed by atoms with Crippen molar-refractivity contribution >= 4 is 23.2 Å². The SMILES string of the molecule is CCNC(=NCC(C)N(C)c1ccccc1)N1CCN(c2cnn(C)c2)C(=O)C1. The van der Waals surface area contributed by atoms with Crippen LogP contribution in [0.15, 0.2) is 47.7 Å². The number of hydrogen-bond donors (Lipinski definition) is 1. The molecule has 0 aliphatic carbocycles. The third-order valence-electron chi connectivity index (χ3n) is 5.19. The molecule has 1 amide bonds. The summed E-state index contributed by atoms with van der Waals surface area (Å²) in [6.45, 7) is 7.27. The zero-order valence-corrected chi connectivity index (χ0v) is 17.7. The van der Waals surface area contributed by atoms with Gasteiger partial charge in [-0.25, -0.2) is 0 Å². The monoisotopic (exact) mass is 397 g/mol. The molecule has 1 unspecified atom stereocenters. The number of guanidine groups is 1. The van der Waals surface area contributed by atoms with Gasteiger partial charge in [0.25, 0.3) is 0 Å². The Balaban J connectivity index is 1.64. The first-order chi connectivity index (χ1) is 14.0. The number of anilines is 2. The van der Waals surface area contributed by atoms with E-state index < -0.39 is 0 Å². The highest BCUT2D eigenvalue weighted by molar-refractivity contribution is 5.98. The van der Waals surface area contributed by atoms with Crippen molar-refractivity contribution in [2.45, 2.75) is 19.9 Å². The van der Waals surface area contributed by atoms with Gasteiger partial charge < -0.3 is 20.0 Å². The maximum Gasteiger partial charge on any atom is 0.246 e. The predicted molar refractivity (Wildman–Crippen MR) is 117 cm³/mol. The largest absolute Gasteiger partial charge is 0.370 e. The van der Waals surface area contributed by atoms with Crippen molar-refractivity contribution in [3.05, 3.63) is 42.7 Å². The molecule has 1 aromatic heterocycles. The first-order valence-electron chi connectivity index (χ1n) is 10.1. The van der Waals surface area contributed by atoms with Crippen LogP contribution in [0, 0.1) is 0 Å². The summed E-state index contributed by atoms with van der Waals surface area (Å²) in [7, 11) is 3.94. The smallest absolute Gasteiger partial charge is 0.246 e. The van der Waals surface area contributed by atoms with Crippen LogP contribution in [0.5, 0.6) is 0 Å². The molecule has 3 rings (SSSR count). The van der Waals surface area contributed by atoms with E-state index in [2.05, 4.69) is 41.4 Å². The van der Waals surface area contributed by atoms with Crippen molar-refractivity contribution < 1.29 is 4.79 Å². The van der Waals surface area contributed by atoms with E-state index in [-0.39, 0.29) is 11.9 Å². The number of amides is 1.